The molecule has 5 aromatic rings. The molecule has 0 amide bonds. The molecular weight excluding hydrogens is 400 g/mol. The van der Waals surface area contributed by atoms with Gasteiger partial charge < -0.3 is 0 Å². The van der Waals surface area contributed by atoms with E-state index in [1.54, 1.807) is 0 Å². The van der Waals surface area contributed by atoms with Crippen molar-refractivity contribution in [2.45, 2.75) is 65.8 Å². The first-order chi connectivity index (χ1) is 16.0. The van der Waals surface area contributed by atoms with Gasteiger partial charge in [-0.25, -0.2) is 4.57 Å². The largest absolute Gasteiger partial charge is 0.295 e. The lowest BCUT2D eigenvalue weighted by atomic mass is 9.86. The van der Waals surface area contributed by atoms with Gasteiger partial charge in [0.05, 0.1) is 5.39 Å². The Morgan fingerprint density at radius 1 is 0.879 bits per heavy atom. The lowest BCUT2D eigenvalue weighted by molar-refractivity contribution is -0.742. The van der Waals surface area contributed by atoms with E-state index >= 15 is 0 Å². The molecule has 0 radical (unpaired) electrons. The van der Waals surface area contributed by atoms with Crippen LogP contribution in [0.5, 0.6) is 0 Å². The van der Waals surface area contributed by atoms with E-state index in [0.717, 1.165) is 19.3 Å². The van der Waals surface area contributed by atoms with Crippen molar-refractivity contribution in [2.24, 2.45) is 0 Å². The molecule has 2 aromatic heterocycles. The van der Waals surface area contributed by atoms with Crippen molar-refractivity contribution in [3.05, 3.63) is 83.0 Å². The zero-order valence-electron chi connectivity index (χ0n) is 20.5. The first kappa shape index (κ1) is 20.5. The van der Waals surface area contributed by atoms with Crippen LogP contribution in [0, 0.1) is 20.8 Å². The van der Waals surface area contributed by atoms with Crippen LogP contribution in [0.15, 0.2) is 60.8 Å². The van der Waals surface area contributed by atoms with Crippen LogP contribution in [-0.4, -0.2) is 4.40 Å². The predicted molar refractivity (Wildman–Crippen MR) is 139 cm³/mol. The van der Waals surface area contributed by atoms with Crippen molar-refractivity contribution in [3.63, 3.8) is 0 Å². The van der Waals surface area contributed by atoms with Gasteiger partial charge >= 0.3 is 0 Å². The summed E-state index contributed by atoms with van der Waals surface area (Å²) in [7, 11) is 0. The molecule has 1 aliphatic heterocycles. The second kappa shape index (κ2) is 7.18. The molecule has 0 spiro atoms. The van der Waals surface area contributed by atoms with Crippen molar-refractivity contribution in [2.75, 3.05) is 0 Å². The fourth-order valence-electron chi connectivity index (χ4n) is 6.49. The molecule has 0 atom stereocenters. The summed E-state index contributed by atoms with van der Waals surface area (Å²) in [6.45, 7) is 11.5. The average Bonchev–Trinajstić information content (AvgIpc) is 3.14. The highest BCUT2D eigenvalue weighted by Gasteiger charge is 2.41. The third-order valence-corrected chi connectivity index (χ3v) is 8.41. The molecule has 0 unspecified atom stereocenters. The molecule has 3 aromatic carbocycles. The monoisotopic (exact) mass is 433 g/mol. The normalized spacial score (nSPS) is 15.1. The minimum Gasteiger partial charge on any atom is -0.224 e. The Bertz CT molecular complexity index is 1540. The molecule has 0 bridgehead atoms. The third kappa shape index (κ3) is 2.70. The zero-order chi connectivity index (χ0) is 22.9. The summed E-state index contributed by atoms with van der Waals surface area (Å²) >= 11 is 0. The van der Waals surface area contributed by atoms with Gasteiger partial charge in [0.1, 0.15) is 17.3 Å². The maximum Gasteiger partial charge on any atom is 0.295 e. The maximum atomic E-state index is 2.67. The van der Waals surface area contributed by atoms with Gasteiger partial charge in [-0.15, -0.1) is 0 Å². The van der Waals surface area contributed by atoms with Crippen LogP contribution < -0.4 is 4.57 Å². The zero-order valence-corrected chi connectivity index (χ0v) is 20.5. The topological polar surface area (TPSA) is 8.29 Å². The Hall–Kier alpha value is -3.13. The smallest absolute Gasteiger partial charge is 0.224 e. The summed E-state index contributed by atoms with van der Waals surface area (Å²) < 4.78 is 5.26. The molecule has 1 aliphatic rings. The summed E-state index contributed by atoms with van der Waals surface area (Å²) in [5.41, 5.74) is 11.0. The van der Waals surface area contributed by atoms with E-state index in [1.807, 2.05) is 0 Å². The van der Waals surface area contributed by atoms with Crippen molar-refractivity contribution >= 4 is 27.3 Å². The van der Waals surface area contributed by atoms with E-state index in [4.69, 9.17) is 0 Å². The quantitative estimate of drug-likeness (QED) is 0.205. The highest BCUT2D eigenvalue weighted by Crippen LogP contribution is 2.41. The molecule has 33 heavy (non-hydrogen) atoms. The molecule has 0 saturated carbocycles. The molecular formula is C31H33N2+. The summed E-state index contributed by atoms with van der Waals surface area (Å²) in [4.78, 5) is 0. The van der Waals surface area contributed by atoms with Crippen molar-refractivity contribution in [1.29, 1.82) is 0 Å². The SMILES string of the molecule is CCC1(CC)CCc2cccc3c4cc(C)ccc4n4c(-c5c(C)cccc5C)c[n+]1c4c23. The van der Waals surface area contributed by atoms with Gasteiger partial charge in [0.15, 0.2) is 5.69 Å². The lowest BCUT2D eigenvalue weighted by Crippen LogP contribution is -2.54. The molecule has 0 aliphatic carbocycles. The second-order valence-electron chi connectivity index (χ2n) is 10.1. The Morgan fingerprint density at radius 3 is 2.33 bits per heavy atom. The van der Waals surface area contributed by atoms with Crippen molar-refractivity contribution < 1.29 is 4.57 Å². The van der Waals surface area contributed by atoms with E-state index in [9.17, 15) is 0 Å². The first-order valence-corrected chi connectivity index (χ1v) is 12.5. The lowest BCUT2D eigenvalue weighted by Gasteiger charge is -2.27. The highest BCUT2D eigenvalue weighted by molar-refractivity contribution is 6.13. The number of rotatable bonds is 3. The number of pyridine rings is 1. The van der Waals surface area contributed by atoms with E-state index in [0.29, 0.717) is 0 Å². The van der Waals surface area contributed by atoms with Crippen molar-refractivity contribution in [3.8, 4) is 11.3 Å². The molecule has 3 heterocycles. The van der Waals surface area contributed by atoms with Crippen LogP contribution >= 0.6 is 0 Å². The molecule has 0 fully saturated rings. The van der Waals surface area contributed by atoms with E-state index in [-0.39, 0.29) is 5.54 Å². The predicted octanol–water partition coefficient (Wildman–Crippen LogP) is 7.59. The van der Waals surface area contributed by atoms with Gasteiger partial charge in [-0.3, -0.25) is 0 Å². The van der Waals surface area contributed by atoms with Crippen molar-refractivity contribution in [1.82, 2.24) is 4.40 Å². The number of aromatic nitrogens is 2. The Morgan fingerprint density at radius 2 is 1.61 bits per heavy atom. The Labute approximate surface area is 196 Å². The summed E-state index contributed by atoms with van der Waals surface area (Å²) in [5, 5.41) is 4.19. The van der Waals surface area contributed by atoms with Crippen LogP contribution in [-0.2, 0) is 12.0 Å². The number of nitrogens with zero attached hydrogens (tertiary/aromatic N) is 2. The van der Waals surface area contributed by atoms with Gasteiger partial charge in [0.25, 0.3) is 5.65 Å². The standard InChI is InChI=1S/C31H33N2/c1-6-31(7-2)17-16-23-12-9-13-24-25-18-20(3)14-15-26(25)33-27(19-32(31)30(33)29(23)24)28-21(4)10-8-11-22(28)5/h8-15,18-19H,6-7,16-17H2,1-5H3/q+1. The number of hydrogen-bond donors (Lipinski definition) is 0. The van der Waals surface area contributed by atoms with Gasteiger partial charge in [-0.1, -0.05) is 61.9 Å². The average molecular weight is 434 g/mol. The minimum absolute atomic E-state index is 0.129. The van der Waals surface area contributed by atoms with Gasteiger partial charge in [0.2, 0.25) is 0 Å². The van der Waals surface area contributed by atoms with Gasteiger partial charge in [-0.2, -0.15) is 4.40 Å². The second-order valence-corrected chi connectivity index (χ2v) is 10.1. The van der Waals surface area contributed by atoms with Crippen LogP contribution in [0.2, 0.25) is 0 Å². The van der Waals surface area contributed by atoms with E-state index in [2.05, 4.69) is 104 Å². The van der Waals surface area contributed by atoms with Gasteiger partial charge in [0, 0.05) is 16.3 Å². The summed E-state index contributed by atoms with van der Waals surface area (Å²) in [6, 6.07) is 20.6. The number of aryl methyl sites for hydroxylation is 4. The van der Waals surface area contributed by atoms with Crippen LogP contribution in [0.1, 0.15) is 55.4 Å². The third-order valence-electron chi connectivity index (χ3n) is 8.41. The molecule has 2 heteroatoms. The molecule has 0 N–H and O–H groups in total. The van der Waals surface area contributed by atoms with E-state index < -0.39 is 0 Å². The Balaban J connectivity index is 1.95. The molecule has 2 nitrogen and oxygen atoms in total. The number of benzene rings is 3. The fraction of sp³-hybridized carbons (Fsp3) is 0.323. The number of hydrogen-bond acceptors (Lipinski definition) is 0. The Kier molecular flexibility index (Phi) is 4.46. The van der Waals surface area contributed by atoms with Crippen LogP contribution in [0.25, 0.3) is 38.6 Å². The first-order valence-electron chi connectivity index (χ1n) is 12.5. The van der Waals surface area contributed by atoms with E-state index in [1.165, 1.54) is 67.3 Å². The summed E-state index contributed by atoms with van der Waals surface area (Å²) in [6.07, 6.45) is 7.08. The summed E-state index contributed by atoms with van der Waals surface area (Å²) in [5.74, 6) is 0. The minimum atomic E-state index is 0.129. The molecule has 0 saturated heterocycles. The highest BCUT2D eigenvalue weighted by atomic mass is 15.2. The van der Waals surface area contributed by atoms with Crippen LogP contribution in [0.4, 0.5) is 0 Å². The van der Waals surface area contributed by atoms with Crippen LogP contribution in [0.3, 0.4) is 0 Å². The number of imidazole rings is 1. The number of fused-ring (bicyclic) bond motifs is 3. The maximum absolute atomic E-state index is 2.67. The fourth-order valence-corrected chi connectivity index (χ4v) is 6.49. The van der Waals surface area contributed by atoms with Gasteiger partial charge in [-0.05, 0) is 75.3 Å². The molecule has 166 valence electrons. The molecule has 6 rings (SSSR count).